The Balaban J connectivity index is 0. The topological polar surface area (TPSA) is 75.7 Å². The van der Waals surface area contributed by atoms with Crippen LogP contribution in [-0.4, -0.2) is 26.4 Å². The molecule has 11 heavy (non-hydrogen) atoms. The van der Waals surface area contributed by atoms with E-state index in [0.29, 0.717) is 6.42 Å². The Hall–Kier alpha value is 0.427. The van der Waals surface area contributed by atoms with Crippen molar-refractivity contribution in [2.45, 2.75) is 19.6 Å². The maximum absolute atomic E-state index is 9.90. The number of methoxy groups -OCH3 is 1. The number of rotatable bonds is 4. The first-order valence-electron chi connectivity index (χ1n) is 2.66. The van der Waals surface area contributed by atoms with Gasteiger partial charge in [-0.2, -0.15) is 0 Å². The van der Waals surface area contributed by atoms with Crippen molar-refractivity contribution in [3.63, 3.8) is 0 Å². The van der Waals surface area contributed by atoms with Gasteiger partial charge in [0.25, 0.3) is 0 Å². The minimum atomic E-state index is -4.62. The summed E-state index contributed by atoms with van der Waals surface area (Å²) in [7, 11) is -3.36. The van der Waals surface area contributed by atoms with Crippen LogP contribution in [0.1, 0.15) is 13.3 Å². The fourth-order valence-electron chi connectivity index (χ4n) is 0.405. The van der Waals surface area contributed by atoms with E-state index in [1.807, 2.05) is 0 Å². The van der Waals surface area contributed by atoms with Gasteiger partial charge in [-0.05, 0) is 6.42 Å². The molecule has 0 spiro atoms. The van der Waals surface area contributed by atoms with Gasteiger partial charge < -0.3 is 9.29 Å². The van der Waals surface area contributed by atoms with Crippen LogP contribution < -0.4 is 18.9 Å². The molecule has 0 aliphatic heterocycles. The first kappa shape index (κ1) is 14.0. The molecule has 62 valence electrons. The Bertz CT molecular complexity index is 173. The second kappa shape index (κ2) is 6.00. The average molecular weight is 176 g/mol. The van der Waals surface area contributed by atoms with Gasteiger partial charge in [0.1, 0.15) is 0 Å². The third kappa shape index (κ3) is 8.33. The zero-order valence-corrected chi connectivity index (χ0v) is 7.55. The van der Waals surface area contributed by atoms with Crippen LogP contribution in [0.25, 0.3) is 0 Å². The largest absolute Gasteiger partial charge is 1.00 e. The summed E-state index contributed by atoms with van der Waals surface area (Å²) in [6, 6.07) is 0. The van der Waals surface area contributed by atoms with Gasteiger partial charge in [0, 0.05) is 7.11 Å². The standard InChI is InChI=1S/C4H10O5S.Li/c1-3-4(8-2)9-10(5,6)7;/h4H,3H2,1-2H3,(H,5,6,7);/q;+1/p-1. The molecule has 0 aromatic rings. The summed E-state index contributed by atoms with van der Waals surface area (Å²) >= 11 is 0. The van der Waals surface area contributed by atoms with Crippen LogP contribution in [0.5, 0.6) is 0 Å². The van der Waals surface area contributed by atoms with Gasteiger partial charge in [0.2, 0.25) is 10.4 Å². The molecule has 1 unspecified atom stereocenters. The maximum Gasteiger partial charge on any atom is 1.00 e. The van der Waals surface area contributed by atoms with Gasteiger partial charge in [0.05, 0.1) is 0 Å². The zero-order chi connectivity index (χ0) is 8.20. The fraction of sp³-hybridized carbons (Fsp3) is 1.00. The molecule has 0 rings (SSSR count). The first-order chi connectivity index (χ1) is 4.49. The van der Waals surface area contributed by atoms with Crippen LogP contribution in [-0.2, 0) is 19.3 Å². The molecule has 0 bridgehead atoms. The average Bonchev–Trinajstić information content (AvgIpc) is 1.81. The maximum atomic E-state index is 9.90. The summed E-state index contributed by atoms with van der Waals surface area (Å²) in [4.78, 5) is 0. The zero-order valence-electron chi connectivity index (χ0n) is 6.73. The molecular formula is C4H9LiO5S. The molecule has 0 aliphatic carbocycles. The summed E-state index contributed by atoms with van der Waals surface area (Å²) < 4.78 is 38.1. The number of ether oxygens (including phenoxy) is 1. The predicted octanol–water partition coefficient (Wildman–Crippen LogP) is -3.15. The van der Waals surface area contributed by atoms with Gasteiger partial charge in [-0.1, -0.05) is 6.92 Å². The third-order valence-electron chi connectivity index (χ3n) is 0.821. The first-order valence-corrected chi connectivity index (χ1v) is 4.00. The van der Waals surface area contributed by atoms with Gasteiger partial charge in [-0.15, -0.1) is 0 Å². The van der Waals surface area contributed by atoms with Crippen molar-refractivity contribution in [2.75, 3.05) is 7.11 Å². The Morgan fingerprint density at radius 2 is 2.00 bits per heavy atom. The van der Waals surface area contributed by atoms with E-state index in [4.69, 9.17) is 0 Å². The van der Waals surface area contributed by atoms with Crippen LogP contribution in [0.4, 0.5) is 0 Å². The minimum absolute atomic E-state index is 0. The Morgan fingerprint density at radius 3 is 2.09 bits per heavy atom. The van der Waals surface area contributed by atoms with Crippen LogP contribution in [0.15, 0.2) is 0 Å². The van der Waals surface area contributed by atoms with Crippen LogP contribution in [0.3, 0.4) is 0 Å². The Morgan fingerprint density at radius 1 is 1.55 bits per heavy atom. The molecule has 0 fully saturated rings. The van der Waals surface area contributed by atoms with E-state index in [1.165, 1.54) is 7.11 Å². The minimum Gasteiger partial charge on any atom is -0.725 e. The van der Waals surface area contributed by atoms with Crippen molar-refractivity contribution in [2.24, 2.45) is 0 Å². The van der Waals surface area contributed by atoms with E-state index in [2.05, 4.69) is 8.92 Å². The smallest absolute Gasteiger partial charge is 0.725 e. The van der Waals surface area contributed by atoms with Gasteiger partial charge >= 0.3 is 18.9 Å². The second-order valence-electron chi connectivity index (χ2n) is 1.58. The molecule has 0 radical (unpaired) electrons. The molecule has 0 aliphatic rings. The normalized spacial score (nSPS) is 13.7. The molecule has 0 saturated carbocycles. The van der Waals surface area contributed by atoms with Crippen molar-refractivity contribution in [1.29, 1.82) is 0 Å². The van der Waals surface area contributed by atoms with E-state index in [0.717, 1.165) is 0 Å². The molecule has 5 nitrogen and oxygen atoms in total. The van der Waals surface area contributed by atoms with E-state index >= 15 is 0 Å². The van der Waals surface area contributed by atoms with Crippen LogP contribution in [0, 0.1) is 0 Å². The van der Waals surface area contributed by atoms with E-state index in [9.17, 15) is 13.0 Å². The van der Waals surface area contributed by atoms with Crippen molar-refractivity contribution in [3.8, 4) is 0 Å². The van der Waals surface area contributed by atoms with E-state index in [1.54, 1.807) is 6.92 Å². The molecule has 0 N–H and O–H groups in total. The van der Waals surface area contributed by atoms with Crippen LogP contribution >= 0.6 is 0 Å². The van der Waals surface area contributed by atoms with Crippen LogP contribution in [0.2, 0.25) is 0 Å². The number of hydrogen-bond acceptors (Lipinski definition) is 5. The third-order valence-corrected chi connectivity index (χ3v) is 1.27. The predicted molar refractivity (Wildman–Crippen MR) is 31.9 cm³/mol. The molecule has 1 atom stereocenters. The van der Waals surface area contributed by atoms with Crippen molar-refractivity contribution in [1.82, 2.24) is 0 Å². The molecule has 0 aromatic carbocycles. The quantitative estimate of drug-likeness (QED) is 0.196. The molecule has 0 aromatic heterocycles. The van der Waals surface area contributed by atoms with E-state index in [-0.39, 0.29) is 18.9 Å². The summed E-state index contributed by atoms with van der Waals surface area (Å²) in [6.45, 7) is 1.64. The van der Waals surface area contributed by atoms with E-state index < -0.39 is 16.7 Å². The van der Waals surface area contributed by atoms with Crippen molar-refractivity contribution < 1.29 is 40.8 Å². The number of hydrogen-bond donors (Lipinski definition) is 0. The molecule has 7 heteroatoms. The molecule has 0 saturated heterocycles. The fourth-order valence-corrected chi connectivity index (χ4v) is 0.883. The monoisotopic (exact) mass is 176 g/mol. The Labute approximate surface area is 78.2 Å². The van der Waals surface area contributed by atoms with Gasteiger partial charge in [-0.3, -0.25) is 0 Å². The summed E-state index contributed by atoms with van der Waals surface area (Å²) in [5.74, 6) is 0. The summed E-state index contributed by atoms with van der Waals surface area (Å²) in [5.41, 5.74) is 0. The molecule has 0 amide bonds. The van der Waals surface area contributed by atoms with Gasteiger partial charge in [0.15, 0.2) is 6.29 Å². The summed E-state index contributed by atoms with van der Waals surface area (Å²) in [5, 5.41) is 0. The van der Waals surface area contributed by atoms with Crippen molar-refractivity contribution >= 4 is 10.4 Å². The van der Waals surface area contributed by atoms with Gasteiger partial charge in [-0.25, -0.2) is 12.6 Å². The Kier molecular flexibility index (Phi) is 7.63. The van der Waals surface area contributed by atoms with Crippen molar-refractivity contribution in [3.05, 3.63) is 0 Å². The summed E-state index contributed by atoms with van der Waals surface area (Å²) in [6.07, 6.45) is -0.639. The molecule has 0 heterocycles. The second-order valence-corrected chi connectivity index (χ2v) is 2.59. The SMILES string of the molecule is CCC(OC)OS(=O)(=O)[O-].[Li+]. The molecular weight excluding hydrogens is 167 g/mol.